The van der Waals surface area contributed by atoms with Gasteiger partial charge in [0.15, 0.2) is 10.8 Å². The van der Waals surface area contributed by atoms with Gasteiger partial charge in [0.1, 0.15) is 11.9 Å². The molecule has 0 bridgehead atoms. The van der Waals surface area contributed by atoms with E-state index in [1.54, 1.807) is 4.52 Å². The zero-order chi connectivity index (χ0) is 16.5. The normalized spacial score (nSPS) is 12.4. The summed E-state index contributed by atoms with van der Waals surface area (Å²) in [6.07, 6.45) is -0.149. The fraction of sp³-hybridized carbons (Fsp3) is 0.167. The standard InChI is InChI=1S/C18H16N4OS/c1-12-7-6-8-14(11-12)16-19-20-18-22(16)21-17(24-18)13(2)23-15-9-4-3-5-10-15/h3-11,13H,1-2H3. The third-order valence-electron chi connectivity index (χ3n) is 3.69. The van der Waals surface area contributed by atoms with Crippen LogP contribution in [0.15, 0.2) is 54.6 Å². The number of para-hydroxylation sites is 1. The molecule has 24 heavy (non-hydrogen) atoms. The summed E-state index contributed by atoms with van der Waals surface area (Å²) < 4.78 is 7.74. The Morgan fingerprint density at radius 2 is 1.88 bits per heavy atom. The summed E-state index contributed by atoms with van der Waals surface area (Å²) in [7, 11) is 0. The lowest BCUT2D eigenvalue weighted by molar-refractivity contribution is 0.225. The molecule has 2 heterocycles. The van der Waals surface area contributed by atoms with Crippen molar-refractivity contribution in [2.75, 3.05) is 0 Å². The number of aromatic nitrogens is 4. The van der Waals surface area contributed by atoms with Gasteiger partial charge in [0, 0.05) is 5.56 Å². The molecule has 120 valence electrons. The van der Waals surface area contributed by atoms with Crippen molar-refractivity contribution in [1.29, 1.82) is 0 Å². The van der Waals surface area contributed by atoms with Crippen LogP contribution in [0, 0.1) is 6.92 Å². The van der Waals surface area contributed by atoms with Gasteiger partial charge in [0.05, 0.1) is 0 Å². The van der Waals surface area contributed by atoms with Crippen LogP contribution in [0.5, 0.6) is 5.75 Å². The third kappa shape index (κ3) is 2.76. The summed E-state index contributed by atoms with van der Waals surface area (Å²) in [5, 5.41) is 14.1. The second-order valence-electron chi connectivity index (χ2n) is 5.60. The zero-order valence-electron chi connectivity index (χ0n) is 13.4. The van der Waals surface area contributed by atoms with Gasteiger partial charge in [0.25, 0.3) is 0 Å². The van der Waals surface area contributed by atoms with E-state index < -0.39 is 0 Å². The van der Waals surface area contributed by atoms with Crippen LogP contribution >= 0.6 is 11.3 Å². The van der Waals surface area contributed by atoms with Crippen LogP contribution in [0.1, 0.15) is 23.6 Å². The van der Waals surface area contributed by atoms with Crippen LogP contribution in [-0.4, -0.2) is 19.8 Å². The second kappa shape index (κ2) is 6.05. The maximum Gasteiger partial charge on any atom is 0.235 e. The molecular formula is C18H16N4OS. The highest BCUT2D eigenvalue weighted by Crippen LogP contribution is 2.27. The molecule has 6 heteroatoms. The van der Waals surface area contributed by atoms with E-state index in [-0.39, 0.29) is 6.10 Å². The Balaban J connectivity index is 1.67. The van der Waals surface area contributed by atoms with E-state index in [4.69, 9.17) is 4.74 Å². The Kier molecular flexibility index (Phi) is 3.74. The van der Waals surface area contributed by atoms with Crippen LogP contribution in [0.4, 0.5) is 0 Å². The zero-order valence-corrected chi connectivity index (χ0v) is 14.2. The highest BCUT2D eigenvalue weighted by Gasteiger charge is 2.18. The molecule has 0 saturated heterocycles. The average molecular weight is 336 g/mol. The van der Waals surface area contributed by atoms with E-state index in [1.165, 1.54) is 16.9 Å². The van der Waals surface area contributed by atoms with Crippen LogP contribution in [-0.2, 0) is 0 Å². The van der Waals surface area contributed by atoms with Gasteiger partial charge in [-0.15, -0.1) is 10.2 Å². The maximum absolute atomic E-state index is 5.95. The minimum Gasteiger partial charge on any atom is -0.483 e. The molecule has 1 unspecified atom stereocenters. The lowest BCUT2D eigenvalue weighted by atomic mass is 10.1. The summed E-state index contributed by atoms with van der Waals surface area (Å²) in [4.78, 5) is 0.769. The van der Waals surface area contributed by atoms with Crippen molar-refractivity contribution in [2.24, 2.45) is 0 Å². The van der Waals surface area contributed by atoms with E-state index in [0.29, 0.717) is 0 Å². The highest BCUT2D eigenvalue weighted by molar-refractivity contribution is 7.16. The van der Waals surface area contributed by atoms with Crippen molar-refractivity contribution in [3.63, 3.8) is 0 Å². The van der Waals surface area contributed by atoms with Gasteiger partial charge in [-0.3, -0.25) is 0 Å². The van der Waals surface area contributed by atoms with Gasteiger partial charge in [-0.05, 0) is 32.0 Å². The molecule has 2 aromatic heterocycles. The van der Waals surface area contributed by atoms with Gasteiger partial charge < -0.3 is 4.74 Å². The first-order valence-electron chi connectivity index (χ1n) is 7.71. The molecule has 4 aromatic rings. The lowest BCUT2D eigenvalue weighted by Crippen LogP contribution is -2.03. The van der Waals surface area contributed by atoms with E-state index in [0.717, 1.165) is 27.1 Å². The smallest absolute Gasteiger partial charge is 0.235 e. The number of hydrogen-bond donors (Lipinski definition) is 0. The highest BCUT2D eigenvalue weighted by atomic mass is 32.1. The van der Waals surface area contributed by atoms with Gasteiger partial charge in [-0.2, -0.15) is 9.61 Å². The second-order valence-corrected chi connectivity index (χ2v) is 6.59. The van der Waals surface area contributed by atoms with E-state index in [2.05, 4.69) is 34.4 Å². The Hall–Kier alpha value is -2.73. The number of benzene rings is 2. The topological polar surface area (TPSA) is 52.3 Å². The molecule has 5 nitrogen and oxygen atoms in total. The number of fused-ring (bicyclic) bond motifs is 1. The van der Waals surface area contributed by atoms with Crippen LogP contribution in [0.25, 0.3) is 16.3 Å². The third-order valence-corrected chi connectivity index (χ3v) is 4.75. The monoisotopic (exact) mass is 336 g/mol. The maximum atomic E-state index is 5.95. The number of nitrogens with zero attached hydrogens (tertiary/aromatic N) is 4. The summed E-state index contributed by atoms with van der Waals surface area (Å²) in [5.74, 6) is 1.58. The average Bonchev–Trinajstić information content (AvgIpc) is 3.16. The van der Waals surface area contributed by atoms with Gasteiger partial charge in [0.2, 0.25) is 4.96 Å². The van der Waals surface area contributed by atoms with Gasteiger partial charge in [-0.25, -0.2) is 0 Å². The molecule has 0 aliphatic carbocycles. The summed E-state index contributed by atoms with van der Waals surface area (Å²) in [6, 6.07) is 17.9. The molecular weight excluding hydrogens is 320 g/mol. The molecule has 2 aromatic carbocycles. The molecule has 4 rings (SSSR count). The lowest BCUT2D eigenvalue weighted by Gasteiger charge is -2.11. The van der Waals surface area contributed by atoms with Gasteiger partial charge >= 0.3 is 0 Å². The van der Waals surface area contributed by atoms with E-state index >= 15 is 0 Å². The first-order valence-corrected chi connectivity index (χ1v) is 8.53. The number of hydrogen-bond acceptors (Lipinski definition) is 5. The van der Waals surface area contributed by atoms with Crippen molar-refractivity contribution >= 4 is 16.3 Å². The molecule has 0 radical (unpaired) electrons. The molecule has 0 aliphatic heterocycles. The Bertz CT molecular complexity index is 977. The quantitative estimate of drug-likeness (QED) is 0.557. The van der Waals surface area contributed by atoms with Crippen molar-refractivity contribution in [3.05, 3.63) is 65.2 Å². The first-order chi connectivity index (χ1) is 11.7. The predicted octanol–water partition coefficient (Wildman–Crippen LogP) is 4.30. The van der Waals surface area contributed by atoms with Gasteiger partial charge in [-0.1, -0.05) is 53.3 Å². The van der Waals surface area contributed by atoms with Crippen molar-refractivity contribution < 1.29 is 4.74 Å². The Morgan fingerprint density at radius 1 is 1.04 bits per heavy atom. The van der Waals surface area contributed by atoms with Crippen LogP contribution < -0.4 is 4.74 Å². The number of aryl methyl sites for hydroxylation is 1. The number of rotatable bonds is 4. The fourth-order valence-corrected chi connectivity index (χ4v) is 3.33. The Morgan fingerprint density at radius 3 is 2.67 bits per heavy atom. The van der Waals surface area contributed by atoms with Crippen molar-refractivity contribution in [2.45, 2.75) is 20.0 Å². The summed E-state index contributed by atoms with van der Waals surface area (Å²) in [6.45, 7) is 4.05. The largest absolute Gasteiger partial charge is 0.483 e. The molecule has 0 N–H and O–H groups in total. The molecule has 0 saturated carbocycles. The summed E-state index contributed by atoms with van der Waals surface area (Å²) >= 11 is 1.50. The van der Waals surface area contributed by atoms with Crippen molar-refractivity contribution in [3.8, 4) is 17.1 Å². The predicted molar refractivity (Wildman–Crippen MR) is 94.3 cm³/mol. The SMILES string of the molecule is Cc1cccc(-c2nnc3sc(C(C)Oc4ccccc4)nn23)c1. The minimum atomic E-state index is -0.149. The van der Waals surface area contributed by atoms with E-state index in [9.17, 15) is 0 Å². The van der Waals surface area contributed by atoms with Crippen molar-refractivity contribution in [1.82, 2.24) is 19.8 Å². The number of ether oxygens (including phenoxy) is 1. The van der Waals surface area contributed by atoms with Crippen LogP contribution in [0.2, 0.25) is 0 Å². The molecule has 1 atom stereocenters. The first kappa shape index (κ1) is 14.8. The van der Waals surface area contributed by atoms with Crippen LogP contribution in [0.3, 0.4) is 0 Å². The molecule has 0 aliphatic rings. The molecule has 0 spiro atoms. The molecule has 0 fully saturated rings. The minimum absolute atomic E-state index is 0.149. The summed E-state index contributed by atoms with van der Waals surface area (Å²) in [5.41, 5.74) is 2.19. The van der Waals surface area contributed by atoms with E-state index in [1.807, 2.05) is 49.4 Å². The Labute approximate surface area is 143 Å². The fourth-order valence-electron chi connectivity index (χ4n) is 2.51. The molecule has 0 amide bonds.